The number of benzene rings is 1. The molecule has 1 aliphatic carbocycles. The Labute approximate surface area is 108 Å². The van der Waals surface area contributed by atoms with E-state index in [0.717, 1.165) is 30.9 Å². The number of nitrogens with zero attached hydrogens (tertiary/aromatic N) is 1. The fourth-order valence-corrected chi connectivity index (χ4v) is 3.32. The molecule has 2 atom stereocenters. The number of hydrogen-bond acceptors (Lipinski definition) is 2. The van der Waals surface area contributed by atoms with Gasteiger partial charge >= 0.3 is 0 Å². The molecule has 1 fully saturated rings. The van der Waals surface area contributed by atoms with Crippen LogP contribution < -0.4 is 5.32 Å². The first-order valence-electron chi connectivity index (χ1n) is 6.93. The lowest BCUT2D eigenvalue weighted by atomic mass is 10.1. The Morgan fingerprint density at radius 3 is 3.06 bits per heavy atom. The second-order valence-corrected chi connectivity index (χ2v) is 5.72. The van der Waals surface area contributed by atoms with Crippen LogP contribution in [0.25, 0.3) is 0 Å². The molecule has 1 aromatic rings. The lowest BCUT2D eigenvalue weighted by Gasteiger charge is -2.17. The van der Waals surface area contributed by atoms with Gasteiger partial charge in [-0.2, -0.15) is 0 Å². The highest BCUT2D eigenvalue weighted by Crippen LogP contribution is 2.32. The SMILES string of the molecule is CN1CCC(CNC2CCc3c(F)cccc32)C1. The van der Waals surface area contributed by atoms with Crippen LogP contribution in [0.4, 0.5) is 4.39 Å². The monoisotopic (exact) mass is 248 g/mol. The van der Waals surface area contributed by atoms with Crippen molar-refractivity contribution in [3.63, 3.8) is 0 Å². The van der Waals surface area contributed by atoms with Crippen LogP contribution >= 0.6 is 0 Å². The van der Waals surface area contributed by atoms with E-state index in [4.69, 9.17) is 0 Å². The van der Waals surface area contributed by atoms with Crippen molar-refractivity contribution in [1.29, 1.82) is 0 Å². The molecule has 2 aliphatic rings. The number of halogens is 1. The van der Waals surface area contributed by atoms with Crippen molar-refractivity contribution in [3.05, 3.63) is 35.1 Å². The van der Waals surface area contributed by atoms with E-state index in [-0.39, 0.29) is 5.82 Å². The molecule has 1 heterocycles. The van der Waals surface area contributed by atoms with E-state index in [2.05, 4.69) is 23.3 Å². The summed E-state index contributed by atoms with van der Waals surface area (Å²) in [6.45, 7) is 3.46. The Kier molecular flexibility index (Phi) is 3.35. The van der Waals surface area contributed by atoms with Gasteiger partial charge in [0.15, 0.2) is 0 Å². The first kappa shape index (κ1) is 12.1. The number of nitrogens with one attached hydrogen (secondary N) is 1. The van der Waals surface area contributed by atoms with E-state index >= 15 is 0 Å². The van der Waals surface area contributed by atoms with E-state index in [1.165, 1.54) is 25.1 Å². The number of likely N-dealkylation sites (tertiary alicyclic amines) is 1. The maximum absolute atomic E-state index is 13.6. The largest absolute Gasteiger partial charge is 0.310 e. The van der Waals surface area contributed by atoms with Crippen LogP contribution in [0.1, 0.15) is 30.0 Å². The third-order valence-electron chi connectivity index (χ3n) is 4.36. The fraction of sp³-hybridized carbons (Fsp3) is 0.600. The second-order valence-electron chi connectivity index (χ2n) is 5.72. The summed E-state index contributed by atoms with van der Waals surface area (Å²) in [4.78, 5) is 2.38. The molecule has 2 nitrogen and oxygen atoms in total. The van der Waals surface area contributed by atoms with Crippen LogP contribution in [0.5, 0.6) is 0 Å². The average molecular weight is 248 g/mol. The minimum atomic E-state index is -0.0302. The van der Waals surface area contributed by atoms with Gasteiger partial charge in [-0.25, -0.2) is 4.39 Å². The minimum Gasteiger partial charge on any atom is -0.310 e. The van der Waals surface area contributed by atoms with Crippen LogP contribution in [0, 0.1) is 11.7 Å². The Morgan fingerprint density at radius 2 is 2.28 bits per heavy atom. The molecule has 0 amide bonds. The van der Waals surface area contributed by atoms with E-state index in [1.807, 2.05) is 6.07 Å². The van der Waals surface area contributed by atoms with Crippen LogP contribution in [-0.2, 0) is 6.42 Å². The summed E-state index contributed by atoms with van der Waals surface area (Å²) in [5, 5.41) is 3.63. The molecule has 1 aliphatic heterocycles. The average Bonchev–Trinajstić information content (AvgIpc) is 2.94. The summed E-state index contributed by atoms with van der Waals surface area (Å²) >= 11 is 0. The third kappa shape index (κ3) is 2.29. The summed E-state index contributed by atoms with van der Waals surface area (Å²) < 4.78 is 13.6. The van der Waals surface area contributed by atoms with Gasteiger partial charge in [0.1, 0.15) is 5.82 Å². The van der Waals surface area contributed by atoms with Gasteiger partial charge in [-0.3, -0.25) is 0 Å². The topological polar surface area (TPSA) is 15.3 Å². The lowest BCUT2D eigenvalue weighted by Crippen LogP contribution is -2.27. The first-order valence-corrected chi connectivity index (χ1v) is 6.93. The second kappa shape index (κ2) is 4.98. The molecule has 0 bridgehead atoms. The van der Waals surface area contributed by atoms with Crippen molar-refractivity contribution in [3.8, 4) is 0 Å². The van der Waals surface area contributed by atoms with Crippen LogP contribution in [0.15, 0.2) is 18.2 Å². The summed E-state index contributed by atoms with van der Waals surface area (Å²) in [6, 6.07) is 5.84. The predicted molar refractivity (Wildman–Crippen MR) is 71.1 cm³/mol. The maximum Gasteiger partial charge on any atom is 0.126 e. The van der Waals surface area contributed by atoms with Crippen LogP contribution in [0.2, 0.25) is 0 Å². The molecule has 2 unspecified atom stereocenters. The van der Waals surface area contributed by atoms with Crippen LogP contribution in [-0.4, -0.2) is 31.6 Å². The Bertz CT molecular complexity index is 433. The van der Waals surface area contributed by atoms with Crippen molar-refractivity contribution < 1.29 is 4.39 Å². The molecule has 3 heteroatoms. The highest BCUT2D eigenvalue weighted by molar-refractivity contribution is 5.35. The molecule has 0 spiro atoms. The smallest absolute Gasteiger partial charge is 0.126 e. The third-order valence-corrected chi connectivity index (χ3v) is 4.36. The summed E-state index contributed by atoms with van der Waals surface area (Å²) in [5.74, 6) is 0.727. The zero-order valence-corrected chi connectivity index (χ0v) is 11.0. The molecule has 0 saturated carbocycles. The molecule has 3 rings (SSSR count). The van der Waals surface area contributed by atoms with E-state index < -0.39 is 0 Å². The molecule has 0 radical (unpaired) electrons. The zero-order valence-electron chi connectivity index (χ0n) is 11.0. The van der Waals surface area contributed by atoms with Gasteiger partial charge in [-0.05, 0) is 62.5 Å². The quantitative estimate of drug-likeness (QED) is 0.883. The van der Waals surface area contributed by atoms with Gasteiger partial charge in [0, 0.05) is 12.6 Å². The summed E-state index contributed by atoms with van der Waals surface area (Å²) in [6.07, 6.45) is 3.20. The Hall–Kier alpha value is -0.930. The highest BCUT2D eigenvalue weighted by atomic mass is 19.1. The Balaban J connectivity index is 1.61. The maximum atomic E-state index is 13.6. The highest BCUT2D eigenvalue weighted by Gasteiger charge is 2.26. The van der Waals surface area contributed by atoms with Crippen molar-refractivity contribution >= 4 is 0 Å². The van der Waals surface area contributed by atoms with Crippen molar-refractivity contribution in [1.82, 2.24) is 10.2 Å². The zero-order chi connectivity index (χ0) is 12.5. The van der Waals surface area contributed by atoms with Gasteiger partial charge in [-0.15, -0.1) is 0 Å². The summed E-state index contributed by atoms with van der Waals surface area (Å²) in [7, 11) is 2.18. The normalized spacial score (nSPS) is 27.7. The predicted octanol–water partition coefficient (Wildman–Crippen LogP) is 2.35. The van der Waals surface area contributed by atoms with E-state index in [0.29, 0.717) is 6.04 Å². The molecular formula is C15H21FN2. The van der Waals surface area contributed by atoms with Gasteiger partial charge in [0.05, 0.1) is 0 Å². The molecule has 1 N–H and O–H groups in total. The van der Waals surface area contributed by atoms with Gasteiger partial charge in [0.25, 0.3) is 0 Å². The minimum absolute atomic E-state index is 0.0302. The molecule has 18 heavy (non-hydrogen) atoms. The fourth-order valence-electron chi connectivity index (χ4n) is 3.32. The van der Waals surface area contributed by atoms with Gasteiger partial charge in [-0.1, -0.05) is 12.1 Å². The van der Waals surface area contributed by atoms with Crippen molar-refractivity contribution in [2.75, 3.05) is 26.7 Å². The van der Waals surface area contributed by atoms with E-state index in [9.17, 15) is 4.39 Å². The molecule has 98 valence electrons. The van der Waals surface area contributed by atoms with Crippen LogP contribution in [0.3, 0.4) is 0 Å². The molecule has 1 saturated heterocycles. The number of rotatable bonds is 3. The van der Waals surface area contributed by atoms with E-state index in [1.54, 1.807) is 6.07 Å². The Morgan fingerprint density at radius 1 is 1.39 bits per heavy atom. The number of hydrogen-bond donors (Lipinski definition) is 1. The number of fused-ring (bicyclic) bond motifs is 1. The van der Waals surface area contributed by atoms with Crippen molar-refractivity contribution in [2.24, 2.45) is 5.92 Å². The first-order chi connectivity index (χ1) is 8.74. The summed E-state index contributed by atoms with van der Waals surface area (Å²) in [5.41, 5.74) is 2.11. The lowest BCUT2D eigenvalue weighted by molar-refractivity contribution is 0.378. The molecular weight excluding hydrogens is 227 g/mol. The van der Waals surface area contributed by atoms with Gasteiger partial charge in [0.2, 0.25) is 0 Å². The van der Waals surface area contributed by atoms with Gasteiger partial charge < -0.3 is 10.2 Å². The standard InChI is InChI=1S/C15H21FN2/c1-18-8-7-11(10-18)9-17-15-6-5-12-13(15)3-2-4-14(12)16/h2-4,11,15,17H,5-10H2,1H3. The molecule has 1 aromatic carbocycles. The van der Waals surface area contributed by atoms with Crippen molar-refractivity contribution in [2.45, 2.75) is 25.3 Å². The molecule has 0 aromatic heterocycles.